The first-order chi connectivity index (χ1) is 9.29. The molecule has 0 radical (unpaired) electrons. The van der Waals surface area contributed by atoms with Crippen LogP contribution in [0.2, 0.25) is 0 Å². The van der Waals surface area contributed by atoms with Crippen molar-refractivity contribution in [2.45, 2.75) is 4.90 Å². The van der Waals surface area contributed by atoms with Gasteiger partial charge in [0.2, 0.25) is 0 Å². The van der Waals surface area contributed by atoms with Gasteiger partial charge in [-0.15, -0.1) is 0 Å². The highest BCUT2D eigenvalue weighted by atomic mass is 79.9. The number of carboxylic acids is 1. The molecule has 0 atom stereocenters. The van der Waals surface area contributed by atoms with Crippen LogP contribution in [0.5, 0.6) is 0 Å². The summed E-state index contributed by atoms with van der Waals surface area (Å²) in [4.78, 5) is 14.5. The number of nitrogen functional groups attached to an aromatic ring is 1. The number of aromatic carboxylic acids is 1. The smallest absolute Gasteiger partial charge is 0.337 e. The lowest BCUT2D eigenvalue weighted by Crippen LogP contribution is -2.17. The fourth-order valence-electron chi connectivity index (χ4n) is 1.41. The van der Waals surface area contributed by atoms with Crippen molar-refractivity contribution in [1.29, 1.82) is 0 Å². The number of nitrogens with zero attached hydrogens (tertiary/aromatic N) is 1. The van der Waals surface area contributed by atoms with E-state index in [0.717, 1.165) is 23.5 Å². The van der Waals surface area contributed by atoms with Gasteiger partial charge >= 0.3 is 5.97 Å². The van der Waals surface area contributed by atoms with Crippen molar-refractivity contribution in [3.8, 4) is 0 Å². The maximum absolute atomic E-state index is 12.2. The number of nitrogens with two attached hydrogens (primary N) is 1. The van der Waals surface area contributed by atoms with E-state index in [-0.39, 0.29) is 16.4 Å². The van der Waals surface area contributed by atoms with Crippen LogP contribution in [0.25, 0.3) is 0 Å². The van der Waals surface area contributed by atoms with Crippen LogP contribution in [0.1, 0.15) is 10.4 Å². The average Bonchev–Trinajstić information content (AvgIpc) is 2.73. The molecule has 0 amide bonds. The summed E-state index contributed by atoms with van der Waals surface area (Å²) < 4.78 is 27.3. The van der Waals surface area contributed by atoms with E-state index in [1.807, 2.05) is 0 Å². The second kappa shape index (κ2) is 5.38. The molecule has 0 aliphatic carbocycles. The number of hydrogen-bond donors (Lipinski definition) is 3. The van der Waals surface area contributed by atoms with Gasteiger partial charge in [-0.05, 0) is 34.1 Å². The van der Waals surface area contributed by atoms with E-state index in [2.05, 4.69) is 25.6 Å². The number of sulfonamides is 1. The van der Waals surface area contributed by atoms with Gasteiger partial charge in [0.05, 0.1) is 15.5 Å². The zero-order valence-corrected chi connectivity index (χ0v) is 12.9. The van der Waals surface area contributed by atoms with Gasteiger partial charge in [-0.3, -0.25) is 4.72 Å². The highest BCUT2D eigenvalue weighted by molar-refractivity contribution is 9.11. The summed E-state index contributed by atoms with van der Waals surface area (Å²) in [6.07, 6.45) is 1.43. The first-order valence-electron chi connectivity index (χ1n) is 5.06. The molecule has 0 aliphatic heterocycles. The number of aromatic nitrogens is 1. The lowest BCUT2D eigenvalue weighted by Gasteiger charge is -2.09. The Morgan fingerprint density at radius 3 is 2.70 bits per heavy atom. The maximum Gasteiger partial charge on any atom is 0.337 e. The summed E-state index contributed by atoms with van der Waals surface area (Å²) in [5.41, 5.74) is 5.31. The van der Waals surface area contributed by atoms with Gasteiger partial charge in [-0.1, -0.05) is 11.3 Å². The Hall–Kier alpha value is -1.65. The SMILES string of the molecule is Nc1ccc(C(=O)O)c(S(=O)(=O)Nc2ncc(Br)s2)c1. The Balaban J connectivity index is 2.48. The van der Waals surface area contributed by atoms with Crippen LogP contribution in [-0.2, 0) is 10.0 Å². The van der Waals surface area contributed by atoms with Crippen LogP contribution in [0.3, 0.4) is 0 Å². The zero-order chi connectivity index (χ0) is 14.9. The third-order valence-electron chi connectivity index (χ3n) is 2.22. The van der Waals surface area contributed by atoms with Crippen molar-refractivity contribution >= 4 is 54.1 Å². The molecule has 2 aromatic rings. The molecule has 20 heavy (non-hydrogen) atoms. The van der Waals surface area contributed by atoms with Crippen molar-refractivity contribution in [2.24, 2.45) is 0 Å². The Kier molecular flexibility index (Phi) is 3.97. The van der Waals surface area contributed by atoms with Crippen LogP contribution >= 0.6 is 27.3 Å². The second-order valence-electron chi connectivity index (χ2n) is 3.64. The highest BCUT2D eigenvalue weighted by Crippen LogP contribution is 2.27. The summed E-state index contributed by atoms with van der Waals surface area (Å²) in [6, 6.07) is 3.56. The number of carbonyl (C=O) groups is 1. The van der Waals surface area contributed by atoms with Gasteiger partial charge in [0.25, 0.3) is 10.0 Å². The molecule has 1 aromatic carbocycles. The van der Waals surface area contributed by atoms with Gasteiger partial charge in [-0.2, -0.15) is 0 Å². The van der Waals surface area contributed by atoms with Gasteiger partial charge in [0.1, 0.15) is 4.90 Å². The fraction of sp³-hybridized carbons (Fsp3) is 0. The first kappa shape index (κ1) is 14.8. The highest BCUT2D eigenvalue weighted by Gasteiger charge is 2.23. The Labute approximate surface area is 126 Å². The van der Waals surface area contributed by atoms with E-state index in [4.69, 9.17) is 10.8 Å². The zero-order valence-electron chi connectivity index (χ0n) is 9.70. The topological polar surface area (TPSA) is 122 Å². The predicted molar refractivity (Wildman–Crippen MR) is 78.4 cm³/mol. The van der Waals surface area contributed by atoms with Crippen molar-refractivity contribution < 1.29 is 18.3 Å². The molecule has 0 bridgehead atoms. The number of carboxylic acid groups (broad SMARTS) is 1. The quantitative estimate of drug-likeness (QED) is 0.700. The number of thiazole rings is 1. The van der Waals surface area contributed by atoms with Gasteiger partial charge in [-0.25, -0.2) is 18.2 Å². The average molecular weight is 378 g/mol. The van der Waals surface area contributed by atoms with E-state index >= 15 is 0 Å². The molecule has 106 valence electrons. The molecule has 0 saturated carbocycles. The summed E-state index contributed by atoms with van der Waals surface area (Å²) in [6.45, 7) is 0. The molecule has 2 rings (SSSR count). The van der Waals surface area contributed by atoms with Crippen LogP contribution in [0, 0.1) is 0 Å². The molecule has 0 aliphatic rings. The van der Waals surface area contributed by atoms with Gasteiger partial charge < -0.3 is 10.8 Å². The first-order valence-corrected chi connectivity index (χ1v) is 8.16. The molecule has 0 fully saturated rings. The monoisotopic (exact) mass is 377 g/mol. The Morgan fingerprint density at radius 1 is 1.45 bits per heavy atom. The number of halogens is 1. The van der Waals surface area contributed by atoms with E-state index in [1.165, 1.54) is 12.3 Å². The molecular weight excluding hydrogens is 370 g/mol. The number of hydrogen-bond acceptors (Lipinski definition) is 6. The van der Waals surface area contributed by atoms with Crippen LogP contribution in [-0.4, -0.2) is 24.5 Å². The lowest BCUT2D eigenvalue weighted by atomic mass is 10.2. The maximum atomic E-state index is 12.2. The molecule has 7 nitrogen and oxygen atoms in total. The van der Waals surface area contributed by atoms with Crippen molar-refractivity contribution in [3.63, 3.8) is 0 Å². The standard InChI is InChI=1S/C10H8BrN3O4S2/c11-8-4-13-10(19-8)14-20(17,18)7-3-5(12)1-2-6(7)9(15)16/h1-4H,12H2,(H,13,14)(H,15,16). The van der Waals surface area contributed by atoms with E-state index in [0.29, 0.717) is 3.79 Å². The molecule has 4 N–H and O–H groups in total. The minimum atomic E-state index is -4.08. The largest absolute Gasteiger partial charge is 0.478 e. The fourth-order valence-corrected chi connectivity index (χ4v) is 3.99. The van der Waals surface area contributed by atoms with E-state index < -0.39 is 20.9 Å². The third-order valence-corrected chi connectivity index (χ3v) is 5.12. The third kappa shape index (κ3) is 3.08. The van der Waals surface area contributed by atoms with Crippen LogP contribution in [0.15, 0.2) is 33.1 Å². The number of anilines is 2. The van der Waals surface area contributed by atoms with Crippen LogP contribution in [0.4, 0.5) is 10.8 Å². The summed E-state index contributed by atoms with van der Waals surface area (Å²) >= 11 is 4.22. The molecule has 1 heterocycles. The number of rotatable bonds is 4. The number of nitrogens with one attached hydrogen (secondary N) is 1. The molecule has 10 heteroatoms. The van der Waals surface area contributed by atoms with E-state index in [1.54, 1.807) is 0 Å². The minimum Gasteiger partial charge on any atom is -0.478 e. The summed E-state index contributed by atoms with van der Waals surface area (Å²) in [7, 11) is -4.08. The summed E-state index contributed by atoms with van der Waals surface area (Å²) in [5, 5.41) is 9.16. The molecule has 0 spiro atoms. The molecular formula is C10H8BrN3O4S2. The Morgan fingerprint density at radius 2 is 2.15 bits per heavy atom. The van der Waals surface area contributed by atoms with Crippen LogP contribution < -0.4 is 10.5 Å². The van der Waals surface area contributed by atoms with Crippen molar-refractivity contribution in [2.75, 3.05) is 10.5 Å². The normalized spacial score (nSPS) is 11.2. The second-order valence-corrected chi connectivity index (χ2v) is 7.70. The lowest BCUT2D eigenvalue weighted by molar-refractivity contribution is 0.0692. The van der Waals surface area contributed by atoms with Gasteiger partial charge in [0, 0.05) is 5.69 Å². The van der Waals surface area contributed by atoms with Crippen molar-refractivity contribution in [1.82, 2.24) is 4.98 Å². The van der Waals surface area contributed by atoms with E-state index in [9.17, 15) is 13.2 Å². The molecule has 1 aromatic heterocycles. The van der Waals surface area contributed by atoms with Gasteiger partial charge in [0.15, 0.2) is 5.13 Å². The summed E-state index contributed by atoms with van der Waals surface area (Å²) in [5.74, 6) is -1.36. The Bertz CT molecular complexity index is 773. The minimum absolute atomic E-state index is 0.121. The number of benzene rings is 1. The van der Waals surface area contributed by atoms with Crippen molar-refractivity contribution in [3.05, 3.63) is 33.7 Å². The molecule has 0 saturated heterocycles. The predicted octanol–water partition coefficient (Wildman–Crippen LogP) is 1.99. The molecule has 0 unspecified atom stereocenters.